The van der Waals surface area contributed by atoms with E-state index in [2.05, 4.69) is 10.3 Å². The zero-order chi connectivity index (χ0) is 16.7. The van der Waals surface area contributed by atoms with Gasteiger partial charge in [0.05, 0.1) is 0 Å². The van der Waals surface area contributed by atoms with Crippen molar-refractivity contribution in [2.75, 3.05) is 12.1 Å². The van der Waals surface area contributed by atoms with Crippen molar-refractivity contribution in [3.05, 3.63) is 47.7 Å². The second-order valence-corrected chi connectivity index (χ2v) is 6.34. The van der Waals surface area contributed by atoms with Gasteiger partial charge in [-0.25, -0.2) is 9.78 Å². The van der Waals surface area contributed by atoms with Gasteiger partial charge in [-0.15, -0.1) is 0 Å². The molecule has 0 bridgehead atoms. The van der Waals surface area contributed by atoms with Crippen LogP contribution < -0.4 is 14.8 Å². The van der Waals surface area contributed by atoms with Crippen LogP contribution in [0.2, 0.25) is 0 Å². The highest BCUT2D eigenvalue weighted by atomic mass is 16.7. The van der Waals surface area contributed by atoms with Crippen LogP contribution >= 0.6 is 0 Å². The first kappa shape index (κ1) is 14.8. The number of nitrogens with zero attached hydrogens (tertiary/aromatic N) is 1. The lowest BCUT2D eigenvalue weighted by Crippen LogP contribution is -2.25. The van der Waals surface area contributed by atoms with E-state index in [9.17, 15) is 4.79 Å². The van der Waals surface area contributed by atoms with Crippen molar-refractivity contribution in [3.8, 4) is 11.5 Å². The molecule has 0 saturated carbocycles. The summed E-state index contributed by atoms with van der Waals surface area (Å²) in [4.78, 5) is 16.6. The average molecular weight is 326 g/mol. The summed E-state index contributed by atoms with van der Waals surface area (Å²) in [5.41, 5.74) is 1.26. The molecule has 1 N–H and O–H groups in total. The van der Waals surface area contributed by atoms with E-state index in [1.807, 2.05) is 44.2 Å². The Labute approximate surface area is 139 Å². The Morgan fingerprint density at radius 1 is 1.21 bits per heavy atom. The summed E-state index contributed by atoms with van der Waals surface area (Å²) in [6, 6.07) is 9.02. The zero-order valence-electron chi connectivity index (χ0n) is 13.5. The molecule has 0 amide bonds. The summed E-state index contributed by atoms with van der Waals surface area (Å²) in [6.07, 6.45) is 2.23. The van der Waals surface area contributed by atoms with E-state index in [1.54, 1.807) is 6.20 Å². The average Bonchev–Trinajstić information content (AvgIpc) is 3.12. The molecule has 2 aliphatic rings. The molecular formula is C18H18N2O4. The fourth-order valence-electron chi connectivity index (χ4n) is 3.11. The van der Waals surface area contributed by atoms with Gasteiger partial charge in [-0.05, 0) is 49.2 Å². The lowest BCUT2D eigenvalue weighted by molar-refractivity contribution is -0.148. The Morgan fingerprint density at radius 2 is 2.04 bits per heavy atom. The number of carbonyl (C=O) groups is 1. The van der Waals surface area contributed by atoms with E-state index >= 15 is 0 Å². The number of rotatable bonds is 3. The van der Waals surface area contributed by atoms with E-state index in [0.29, 0.717) is 23.7 Å². The van der Waals surface area contributed by atoms with Crippen molar-refractivity contribution in [2.45, 2.75) is 31.9 Å². The number of hydrogen-bond acceptors (Lipinski definition) is 6. The molecule has 2 unspecified atom stereocenters. The largest absolute Gasteiger partial charge is 0.454 e. The predicted octanol–water partition coefficient (Wildman–Crippen LogP) is 2.76. The summed E-state index contributed by atoms with van der Waals surface area (Å²) in [5.74, 6) is 1.79. The van der Waals surface area contributed by atoms with E-state index in [1.165, 1.54) is 0 Å². The molecule has 6 heteroatoms. The fourth-order valence-corrected chi connectivity index (χ4v) is 3.11. The molecule has 1 aromatic carbocycles. The van der Waals surface area contributed by atoms with Gasteiger partial charge in [0.1, 0.15) is 17.5 Å². The van der Waals surface area contributed by atoms with Crippen molar-refractivity contribution in [1.82, 2.24) is 4.98 Å². The van der Waals surface area contributed by atoms with Crippen LogP contribution in [-0.2, 0) is 15.1 Å². The highest BCUT2D eigenvalue weighted by Crippen LogP contribution is 2.42. The quantitative estimate of drug-likeness (QED) is 0.875. The van der Waals surface area contributed by atoms with Crippen LogP contribution in [0.5, 0.6) is 11.5 Å². The maximum Gasteiger partial charge on any atom is 0.329 e. The predicted molar refractivity (Wildman–Crippen MR) is 87.0 cm³/mol. The Kier molecular flexibility index (Phi) is 3.33. The minimum Gasteiger partial charge on any atom is -0.454 e. The highest BCUT2D eigenvalue weighted by Gasteiger charge is 2.45. The van der Waals surface area contributed by atoms with Gasteiger partial charge in [-0.2, -0.15) is 0 Å². The number of aromatic nitrogens is 1. The van der Waals surface area contributed by atoms with Crippen LogP contribution in [0.1, 0.15) is 24.5 Å². The monoisotopic (exact) mass is 326 g/mol. The normalized spacial score (nSPS) is 24.8. The SMILES string of the molecule is Cc1ccnc(NC2CC(C)(c3ccc4c(c3)OCO4)OC2=O)c1. The summed E-state index contributed by atoms with van der Waals surface area (Å²) < 4.78 is 16.4. The summed E-state index contributed by atoms with van der Waals surface area (Å²) in [7, 11) is 0. The molecule has 0 radical (unpaired) electrons. The van der Waals surface area contributed by atoms with Crippen LogP contribution in [0, 0.1) is 6.92 Å². The number of carbonyl (C=O) groups excluding carboxylic acids is 1. The molecule has 4 rings (SSSR count). The Balaban J connectivity index is 1.56. The van der Waals surface area contributed by atoms with Gasteiger partial charge >= 0.3 is 5.97 Å². The summed E-state index contributed by atoms with van der Waals surface area (Å²) in [5, 5.41) is 3.17. The van der Waals surface area contributed by atoms with Crippen molar-refractivity contribution in [1.29, 1.82) is 0 Å². The topological polar surface area (TPSA) is 69.7 Å². The maximum absolute atomic E-state index is 12.3. The van der Waals surface area contributed by atoms with Crippen LogP contribution in [0.4, 0.5) is 5.82 Å². The number of hydrogen-bond donors (Lipinski definition) is 1. The second-order valence-electron chi connectivity index (χ2n) is 6.34. The molecule has 6 nitrogen and oxygen atoms in total. The van der Waals surface area contributed by atoms with Gasteiger partial charge in [0.15, 0.2) is 11.5 Å². The highest BCUT2D eigenvalue weighted by molar-refractivity contribution is 5.82. The van der Waals surface area contributed by atoms with Crippen molar-refractivity contribution < 1.29 is 19.0 Å². The first-order chi connectivity index (χ1) is 11.5. The molecule has 0 aliphatic carbocycles. The molecule has 1 fully saturated rings. The fraction of sp³-hybridized carbons (Fsp3) is 0.333. The van der Waals surface area contributed by atoms with Gasteiger partial charge in [-0.3, -0.25) is 0 Å². The minimum atomic E-state index is -0.709. The third kappa shape index (κ3) is 2.54. The van der Waals surface area contributed by atoms with Crippen molar-refractivity contribution in [2.24, 2.45) is 0 Å². The van der Waals surface area contributed by atoms with Crippen LogP contribution in [0.15, 0.2) is 36.5 Å². The molecule has 2 aliphatic heterocycles. The van der Waals surface area contributed by atoms with Gasteiger partial charge in [0, 0.05) is 12.6 Å². The van der Waals surface area contributed by atoms with E-state index in [0.717, 1.165) is 11.1 Å². The first-order valence-electron chi connectivity index (χ1n) is 7.86. The maximum atomic E-state index is 12.3. The number of anilines is 1. The third-order valence-electron chi connectivity index (χ3n) is 4.42. The molecule has 24 heavy (non-hydrogen) atoms. The number of ether oxygens (including phenoxy) is 3. The van der Waals surface area contributed by atoms with E-state index < -0.39 is 11.6 Å². The van der Waals surface area contributed by atoms with Crippen LogP contribution in [0.25, 0.3) is 0 Å². The first-order valence-corrected chi connectivity index (χ1v) is 7.86. The minimum absolute atomic E-state index is 0.221. The molecule has 1 saturated heterocycles. The number of benzene rings is 1. The number of cyclic esters (lactones) is 1. The molecular weight excluding hydrogens is 308 g/mol. The number of aryl methyl sites for hydroxylation is 1. The molecule has 2 aromatic rings. The second kappa shape index (κ2) is 5.40. The lowest BCUT2D eigenvalue weighted by Gasteiger charge is -2.23. The van der Waals surface area contributed by atoms with Crippen LogP contribution in [0.3, 0.4) is 0 Å². The van der Waals surface area contributed by atoms with Crippen molar-refractivity contribution >= 4 is 11.8 Å². The lowest BCUT2D eigenvalue weighted by atomic mass is 9.91. The smallest absolute Gasteiger partial charge is 0.329 e. The van der Waals surface area contributed by atoms with Gasteiger partial charge in [0.2, 0.25) is 6.79 Å². The van der Waals surface area contributed by atoms with E-state index in [-0.39, 0.29) is 12.8 Å². The number of esters is 1. The van der Waals surface area contributed by atoms with Gasteiger partial charge < -0.3 is 19.5 Å². The Hall–Kier alpha value is -2.76. The summed E-state index contributed by atoms with van der Waals surface area (Å²) in [6.45, 7) is 4.11. The van der Waals surface area contributed by atoms with Crippen molar-refractivity contribution in [3.63, 3.8) is 0 Å². The van der Waals surface area contributed by atoms with Gasteiger partial charge in [0.25, 0.3) is 0 Å². The Morgan fingerprint density at radius 3 is 2.88 bits per heavy atom. The molecule has 0 spiro atoms. The number of pyridine rings is 1. The summed E-state index contributed by atoms with van der Waals surface area (Å²) >= 11 is 0. The molecule has 2 atom stereocenters. The number of nitrogens with one attached hydrogen (secondary N) is 1. The third-order valence-corrected chi connectivity index (χ3v) is 4.42. The number of fused-ring (bicyclic) bond motifs is 1. The van der Waals surface area contributed by atoms with Gasteiger partial charge in [-0.1, -0.05) is 6.07 Å². The standard InChI is InChI=1S/C18H18N2O4/c1-11-5-6-19-16(7-11)20-13-9-18(2,24-17(13)21)12-3-4-14-15(8-12)23-10-22-14/h3-8,13H,9-10H2,1-2H3,(H,19,20). The molecule has 1 aromatic heterocycles. The van der Waals surface area contributed by atoms with Crippen LogP contribution in [-0.4, -0.2) is 23.8 Å². The Bertz CT molecular complexity index is 807. The molecule has 124 valence electrons. The zero-order valence-corrected chi connectivity index (χ0v) is 13.5. The van der Waals surface area contributed by atoms with E-state index in [4.69, 9.17) is 14.2 Å². The molecule has 3 heterocycles.